The monoisotopic (exact) mass is 539 g/mol. The first-order chi connectivity index (χ1) is 11.9. The molecule has 0 saturated heterocycles. The molecule has 0 aromatic heterocycles. The molecule has 8 heteroatoms. The van der Waals surface area contributed by atoms with E-state index in [0.717, 1.165) is 25.8 Å². The molecule has 0 atom stereocenters. The Bertz CT molecular complexity index is 759. The Kier molecular flexibility index (Phi) is 9.44. The molecule has 0 heterocycles. The predicted octanol–water partition coefficient (Wildman–Crippen LogP) is 8.93. The fraction of sp³-hybridized carbons (Fsp3) is 0.333. The summed E-state index contributed by atoms with van der Waals surface area (Å²) in [6.07, 6.45) is 0. The maximum Gasteiger partial charge on any atom is 0.108 e. The lowest BCUT2D eigenvalue weighted by atomic mass is 10.2. The Morgan fingerprint density at radius 1 is 0.923 bits per heavy atom. The van der Waals surface area contributed by atoms with Gasteiger partial charge >= 0.3 is 0 Å². The van der Waals surface area contributed by atoms with Crippen LogP contribution in [0.3, 0.4) is 0 Å². The van der Waals surface area contributed by atoms with Gasteiger partial charge in [0.2, 0.25) is 0 Å². The molecular weight excluding hydrogens is 521 g/mol. The van der Waals surface area contributed by atoms with Gasteiger partial charge in [0.25, 0.3) is 0 Å². The van der Waals surface area contributed by atoms with Gasteiger partial charge in [-0.05, 0) is 70.0 Å². The molecule has 0 fully saturated rings. The minimum Gasteiger partial charge on any atom is -0.397 e. The van der Waals surface area contributed by atoms with Crippen molar-refractivity contribution >= 4 is 78.4 Å². The first-order valence-corrected chi connectivity index (χ1v) is 10.8. The van der Waals surface area contributed by atoms with Gasteiger partial charge in [0.1, 0.15) is 5.69 Å². The summed E-state index contributed by atoms with van der Waals surface area (Å²) in [6, 6.07) is 7.51. The van der Waals surface area contributed by atoms with Crippen molar-refractivity contribution in [3.8, 4) is 0 Å². The molecule has 0 amide bonds. The summed E-state index contributed by atoms with van der Waals surface area (Å²) in [4.78, 5) is 0. The summed E-state index contributed by atoms with van der Waals surface area (Å²) >= 11 is 20.0. The predicted molar refractivity (Wildman–Crippen MR) is 124 cm³/mol. The van der Waals surface area contributed by atoms with E-state index in [1.54, 1.807) is 6.07 Å². The fourth-order valence-electron chi connectivity index (χ4n) is 1.72. The van der Waals surface area contributed by atoms with Crippen LogP contribution in [0, 0.1) is 13.8 Å². The molecule has 0 aliphatic carbocycles. The molecule has 2 aromatic carbocycles. The van der Waals surface area contributed by atoms with E-state index in [4.69, 9.17) is 28.9 Å². The number of halogens is 4. The molecule has 0 aliphatic heterocycles. The van der Waals surface area contributed by atoms with E-state index in [1.165, 1.54) is 11.9 Å². The number of hydrogen-bond acceptors (Lipinski definition) is 4. The molecular formula is C18H21Br2Cl2N3S. The van der Waals surface area contributed by atoms with E-state index >= 15 is 0 Å². The third kappa shape index (κ3) is 8.17. The van der Waals surface area contributed by atoms with E-state index in [0.29, 0.717) is 15.7 Å². The number of anilines is 1. The second kappa shape index (κ2) is 10.3. The van der Waals surface area contributed by atoms with E-state index < -0.39 is 0 Å². The molecule has 0 spiro atoms. The highest BCUT2D eigenvalue weighted by Crippen LogP contribution is 2.34. The summed E-state index contributed by atoms with van der Waals surface area (Å²) < 4.78 is 6.09. The van der Waals surface area contributed by atoms with Crippen molar-refractivity contribution in [3.05, 3.63) is 54.4 Å². The lowest BCUT2D eigenvalue weighted by Gasteiger charge is -2.11. The second-order valence-electron chi connectivity index (χ2n) is 6.56. The number of nitrogens with zero attached hydrogens (tertiary/aromatic N) is 2. The minimum absolute atomic E-state index is 0.0687. The minimum atomic E-state index is 0.0687. The average Bonchev–Trinajstić information content (AvgIpc) is 2.47. The molecule has 142 valence electrons. The lowest BCUT2D eigenvalue weighted by molar-refractivity contribution is 0.802. The van der Waals surface area contributed by atoms with E-state index in [9.17, 15) is 0 Å². The van der Waals surface area contributed by atoms with Crippen LogP contribution in [-0.2, 0) is 0 Å². The quantitative estimate of drug-likeness (QED) is 0.234. The average molecular weight is 542 g/mol. The van der Waals surface area contributed by atoms with Crippen LogP contribution in [-0.4, -0.2) is 4.75 Å². The number of nitrogens with two attached hydrogens (primary N) is 1. The fourth-order valence-corrected chi connectivity index (χ4v) is 4.06. The molecule has 0 saturated carbocycles. The zero-order valence-corrected chi connectivity index (χ0v) is 20.7. The maximum absolute atomic E-state index is 6.09. The van der Waals surface area contributed by atoms with Gasteiger partial charge in [0.05, 0.1) is 15.7 Å². The zero-order chi connectivity index (χ0) is 20.1. The third-order valence-electron chi connectivity index (χ3n) is 2.98. The first kappa shape index (κ1) is 23.8. The van der Waals surface area contributed by atoms with E-state index in [2.05, 4.69) is 62.3 Å². The Hall–Kier alpha value is -0.270. The summed E-state index contributed by atoms with van der Waals surface area (Å²) in [5.41, 5.74) is 9.00. The van der Waals surface area contributed by atoms with Crippen molar-refractivity contribution in [2.45, 2.75) is 39.4 Å². The number of aryl methyl sites for hydroxylation is 2. The molecule has 0 radical (unpaired) electrons. The third-order valence-corrected chi connectivity index (χ3v) is 5.20. The van der Waals surface area contributed by atoms with Gasteiger partial charge in [-0.1, -0.05) is 55.1 Å². The van der Waals surface area contributed by atoms with Crippen LogP contribution < -0.4 is 5.73 Å². The first-order valence-electron chi connectivity index (χ1n) is 7.66. The lowest BCUT2D eigenvalue weighted by Crippen LogP contribution is -2.04. The molecule has 26 heavy (non-hydrogen) atoms. The number of rotatable bonds is 2. The number of nitrogen functional groups attached to an aromatic ring is 1. The Labute approximate surface area is 186 Å². The van der Waals surface area contributed by atoms with Crippen molar-refractivity contribution < 1.29 is 0 Å². The van der Waals surface area contributed by atoms with Gasteiger partial charge in [0, 0.05) is 25.6 Å². The van der Waals surface area contributed by atoms with Crippen molar-refractivity contribution in [2.24, 2.45) is 9.63 Å². The molecule has 0 unspecified atom stereocenters. The summed E-state index contributed by atoms with van der Waals surface area (Å²) in [6.45, 7) is 10.2. The maximum atomic E-state index is 6.09. The molecule has 0 aliphatic rings. The van der Waals surface area contributed by atoms with E-state index in [1.807, 2.05) is 32.0 Å². The van der Waals surface area contributed by atoms with Gasteiger partial charge in [-0.3, -0.25) is 0 Å². The van der Waals surface area contributed by atoms with Gasteiger partial charge in [-0.15, -0.1) is 9.63 Å². The highest BCUT2D eigenvalue weighted by Gasteiger charge is 2.11. The molecule has 2 N–H and O–H groups in total. The van der Waals surface area contributed by atoms with Crippen LogP contribution in [0.15, 0.2) is 42.8 Å². The highest BCUT2D eigenvalue weighted by molar-refractivity contribution is 9.10. The zero-order valence-electron chi connectivity index (χ0n) is 15.2. The Balaban J connectivity index is 0.000000289. The van der Waals surface area contributed by atoms with Crippen molar-refractivity contribution in [1.82, 2.24) is 0 Å². The van der Waals surface area contributed by atoms with Crippen molar-refractivity contribution in [2.75, 3.05) is 5.73 Å². The van der Waals surface area contributed by atoms with Crippen LogP contribution in [0.5, 0.6) is 0 Å². The molecule has 2 aromatic rings. The summed E-state index contributed by atoms with van der Waals surface area (Å²) in [7, 11) is 0. The van der Waals surface area contributed by atoms with Gasteiger partial charge < -0.3 is 5.73 Å². The standard InChI is InChI=1S/C11H14BrClN2S.C7H7BrClN/c1-7-5-8(12)6-9(13)10(7)14-15-16-11(2,3)4;1-4-2-5(8)3-6(9)7(4)10/h5-6H,1-4H3;2-3H,10H2,1H3. The number of benzene rings is 2. The number of hydrogen-bond donors (Lipinski definition) is 1. The van der Waals surface area contributed by atoms with Gasteiger partial charge in [-0.2, -0.15) is 0 Å². The van der Waals surface area contributed by atoms with Crippen LogP contribution in [0.25, 0.3) is 0 Å². The normalized spacial score (nSPS) is 11.4. The Morgan fingerprint density at radius 2 is 1.42 bits per heavy atom. The van der Waals surface area contributed by atoms with Gasteiger partial charge in [-0.25, -0.2) is 0 Å². The van der Waals surface area contributed by atoms with Crippen LogP contribution in [0.4, 0.5) is 11.4 Å². The SMILES string of the molecule is Cc1cc(Br)cc(Cl)c1N.Cc1cc(Br)cc(Cl)c1N=NSC(C)(C)C. The molecule has 3 nitrogen and oxygen atoms in total. The largest absolute Gasteiger partial charge is 0.397 e. The molecule has 2 rings (SSSR count). The van der Waals surface area contributed by atoms with Crippen LogP contribution >= 0.6 is 67.0 Å². The van der Waals surface area contributed by atoms with Crippen LogP contribution in [0.2, 0.25) is 10.0 Å². The Morgan fingerprint density at radius 3 is 1.88 bits per heavy atom. The van der Waals surface area contributed by atoms with E-state index in [-0.39, 0.29) is 4.75 Å². The smallest absolute Gasteiger partial charge is 0.108 e. The summed E-state index contributed by atoms with van der Waals surface area (Å²) in [5.74, 6) is 0. The molecule has 0 bridgehead atoms. The van der Waals surface area contributed by atoms with Gasteiger partial charge in [0.15, 0.2) is 0 Å². The second-order valence-corrected chi connectivity index (χ2v) is 10.8. The topological polar surface area (TPSA) is 50.7 Å². The van der Waals surface area contributed by atoms with Crippen molar-refractivity contribution in [3.63, 3.8) is 0 Å². The van der Waals surface area contributed by atoms with Crippen LogP contribution in [0.1, 0.15) is 31.9 Å². The van der Waals surface area contributed by atoms with Crippen molar-refractivity contribution in [1.29, 1.82) is 0 Å². The highest BCUT2D eigenvalue weighted by atomic mass is 79.9. The summed E-state index contributed by atoms with van der Waals surface area (Å²) in [5, 5.41) is 5.39.